The number of rotatable bonds is 2. The zero-order chi connectivity index (χ0) is 10.8. The van der Waals surface area contributed by atoms with Gasteiger partial charge in [0.15, 0.2) is 0 Å². The SMILES string of the molecule is CC1CN2CCCCC2CN1CC(N)=S. The Morgan fingerprint density at radius 2 is 2.20 bits per heavy atom. The van der Waals surface area contributed by atoms with E-state index < -0.39 is 0 Å². The van der Waals surface area contributed by atoms with Gasteiger partial charge in [-0.2, -0.15) is 0 Å². The number of piperazine rings is 1. The van der Waals surface area contributed by atoms with Crippen LogP contribution in [0.1, 0.15) is 26.2 Å². The molecule has 0 aromatic rings. The summed E-state index contributed by atoms with van der Waals surface area (Å²) in [5, 5.41) is 0. The standard InChI is InChI=1S/C11H21N3S/c1-9-6-13-5-3-2-4-10(13)7-14(9)8-11(12)15/h9-10H,2-8H2,1H3,(H2,12,15). The Morgan fingerprint density at radius 3 is 2.93 bits per heavy atom. The summed E-state index contributed by atoms with van der Waals surface area (Å²) in [5.41, 5.74) is 5.63. The summed E-state index contributed by atoms with van der Waals surface area (Å²) in [4.78, 5) is 5.71. The smallest absolute Gasteiger partial charge is 0.0870 e. The van der Waals surface area contributed by atoms with Crippen molar-refractivity contribution in [2.24, 2.45) is 5.73 Å². The van der Waals surface area contributed by atoms with Gasteiger partial charge in [-0.1, -0.05) is 18.6 Å². The molecular formula is C11H21N3S. The third-order valence-corrected chi connectivity index (χ3v) is 3.80. The van der Waals surface area contributed by atoms with Gasteiger partial charge in [-0.05, 0) is 26.3 Å². The van der Waals surface area contributed by atoms with Gasteiger partial charge in [0.05, 0.1) is 4.99 Å². The van der Waals surface area contributed by atoms with Crippen LogP contribution in [-0.4, -0.2) is 53.1 Å². The quantitative estimate of drug-likeness (QED) is 0.708. The molecule has 2 unspecified atom stereocenters. The van der Waals surface area contributed by atoms with E-state index in [0.717, 1.165) is 19.1 Å². The van der Waals surface area contributed by atoms with Crippen molar-refractivity contribution >= 4 is 17.2 Å². The van der Waals surface area contributed by atoms with Crippen molar-refractivity contribution in [3.63, 3.8) is 0 Å². The maximum Gasteiger partial charge on any atom is 0.0870 e. The summed E-state index contributed by atoms with van der Waals surface area (Å²) >= 11 is 5.00. The fourth-order valence-corrected chi connectivity index (χ4v) is 3.00. The predicted molar refractivity (Wildman–Crippen MR) is 67.0 cm³/mol. The van der Waals surface area contributed by atoms with Crippen molar-refractivity contribution in [3.05, 3.63) is 0 Å². The molecule has 15 heavy (non-hydrogen) atoms. The molecule has 2 rings (SSSR count). The number of hydrogen-bond acceptors (Lipinski definition) is 3. The lowest BCUT2D eigenvalue weighted by Gasteiger charge is -2.47. The zero-order valence-corrected chi connectivity index (χ0v) is 10.3. The summed E-state index contributed by atoms with van der Waals surface area (Å²) in [5.74, 6) is 0. The van der Waals surface area contributed by atoms with Gasteiger partial charge in [0, 0.05) is 31.7 Å². The molecule has 2 fully saturated rings. The van der Waals surface area contributed by atoms with Crippen LogP contribution in [0, 0.1) is 0 Å². The maximum atomic E-state index is 5.63. The molecule has 3 nitrogen and oxygen atoms in total. The Hall–Kier alpha value is -0.190. The lowest BCUT2D eigenvalue weighted by molar-refractivity contribution is 0.0238. The third kappa shape index (κ3) is 2.68. The second kappa shape index (κ2) is 4.76. The number of piperidine rings is 1. The first-order valence-corrected chi connectivity index (χ1v) is 6.34. The van der Waals surface area contributed by atoms with Crippen molar-refractivity contribution < 1.29 is 0 Å². The van der Waals surface area contributed by atoms with E-state index in [1.165, 1.54) is 32.4 Å². The fourth-order valence-electron chi connectivity index (χ4n) is 2.83. The predicted octanol–water partition coefficient (Wildman–Crippen LogP) is 0.831. The molecule has 0 aromatic carbocycles. The molecule has 86 valence electrons. The van der Waals surface area contributed by atoms with Crippen LogP contribution in [0.25, 0.3) is 0 Å². The van der Waals surface area contributed by atoms with Crippen LogP contribution < -0.4 is 5.73 Å². The van der Waals surface area contributed by atoms with E-state index in [1.54, 1.807) is 0 Å². The van der Waals surface area contributed by atoms with Crippen LogP contribution in [0.2, 0.25) is 0 Å². The average molecular weight is 227 g/mol. The molecule has 2 aliphatic rings. The fraction of sp³-hybridized carbons (Fsp3) is 0.909. The number of thiocarbonyl (C=S) groups is 1. The molecule has 0 amide bonds. The van der Waals surface area contributed by atoms with Crippen molar-refractivity contribution in [2.75, 3.05) is 26.2 Å². The van der Waals surface area contributed by atoms with E-state index in [4.69, 9.17) is 18.0 Å². The summed E-state index contributed by atoms with van der Waals surface area (Å²) in [7, 11) is 0. The van der Waals surface area contributed by atoms with Crippen LogP contribution in [0.15, 0.2) is 0 Å². The second-order valence-corrected chi connectivity index (χ2v) is 5.41. The molecule has 2 atom stereocenters. The largest absolute Gasteiger partial charge is 0.392 e. The van der Waals surface area contributed by atoms with Crippen LogP contribution in [0.3, 0.4) is 0 Å². The van der Waals surface area contributed by atoms with E-state index >= 15 is 0 Å². The van der Waals surface area contributed by atoms with E-state index in [9.17, 15) is 0 Å². The summed E-state index contributed by atoms with van der Waals surface area (Å²) in [6, 6.07) is 1.35. The van der Waals surface area contributed by atoms with Crippen molar-refractivity contribution in [3.8, 4) is 0 Å². The van der Waals surface area contributed by atoms with Gasteiger partial charge in [-0.3, -0.25) is 9.80 Å². The Labute approximate surface area is 97.6 Å². The lowest BCUT2D eigenvalue weighted by atomic mass is 9.97. The van der Waals surface area contributed by atoms with E-state index in [0.29, 0.717) is 11.0 Å². The van der Waals surface area contributed by atoms with Crippen molar-refractivity contribution in [2.45, 2.75) is 38.3 Å². The third-order valence-electron chi connectivity index (χ3n) is 3.68. The Bertz CT molecular complexity index is 244. The summed E-state index contributed by atoms with van der Waals surface area (Å²) in [6.45, 7) is 6.70. The topological polar surface area (TPSA) is 32.5 Å². The van der Waals surface area contributed by atoms with Crippen LogP contribution in [0.4, 0.5) is 0 Å². The van der Waals surface area contributed by atoms with E-state index in [-0.39, 0.29) is 0 Å². The molecule has 2 saturated heterocycles. The van der Waals surface area contributed by atoms with Gasteiger partial charge >= 0.3 is 0 Å². The van der Waals surface area contributed by atoms with Gasteiger partial charge in [0.25, 0.3) is 0 Å². The van der Waals surface area contributed by atoms with Crippen LogP contribution in [0.5, 0.6) is 0 Å². The average Bonchev–Trinajstić information content (AvgIpc) is 2.18. The molecule has 0 spiro atoms. The summed E-state index contributed by atoms with van der Waals surface area (Å²) < 4.78 is 0. The van der Waals surface area contributed by atoms with Gasteiger partial charge in [-0.25, -0.2) is 0 Å². The first-order valence-electron chi connectivity index (χ1n) is 5.93. The van der Waals surface area contributed by atoms with Gasteiger partial charge in [0.2, 0.25) is 0 Å². The highest BCUT2D eigenvalue weighted by Crippen LogP contribution is 2.23. The van der Waals surface area contributed by atoms with Gasteiger partial charge in [-0.15, -0.1) is 0 Å². The van der Waals surface area contributed by atoms with Gasteiger partial charge in [0.1, 0.15) is 0 Å². The van der Waals surface area contributed by atoms with E-state index in [2.05, 4.69) is 16.7 Å². The maximum absolute atomic E-state index is 5.63. The lowest BCUT2D eigenvalue weighted by Crippen LogP contribution is -2.59. The first kappa shape index (κ1) is 11.3. The monoisotopic (exact) mass is 227 g/mol. The molecule has 0 saturated carbocycles. The minimum absolute atomic E-state index is 0.598. The van der Waals surface area contributed by atoms with Crippen molar-refractivity contribution in [1.82, 2.24) is 9.80 Å². The Morgan fingerprint density at radius 1 is 1.40 bits per heavy atom. The van der Waals surface area contributed by atoms with Crippen LogP contribution >= 0.6 is 12.2 Å². The molecule has 2 aliphatic heterocycles. The van der Waals surface area contributed by atoms with Crippen molar-refractivity contribution in [1.29, 1.82) is 0 Å². The molecule has 0 aromatic heterocycles. The van der Waals surface area contributed by atoms with E-state index in [1.807, 2.05) is 0 Å². The summed E-state index contributed by atoms with van der Waals surface area (Å²) in [6.07, 6.45) is 4.11. The Balaban J connectivity index is 1.95. The molecule has 0 bridgehead atoms. The van der Waals surface area contributed by atoms with Crippen LogP contribution in [-0.2, 0) is 0 Å². The molecule has 0 radical (unpaired) electrons. The minimum Gasteiger partial charge on any atom is -0.392 e. The molecule has 4 heteroatoms. The second-order valence-electron chi connectivity index (χ2n) is 4.89. The number of nitrogens with zero attached hydrogens (tertiary/aromatic N) is 2. The normalized spacial score (nSPS) is 33.7. The molecule has 0 aliphatic carbocycles. The molecule has 2 heterocycles. The highest BCUT2D eigenvalue weighted by Gasteiger charge is 2.32. The number of nitrogens with two attached hydrogens (primary N) is 1. The molecule has 2 N–H and O–H groups in total. The minimum atomic E-state index is 0.598. The van der Waals surface area contributed by atoms with Gasteiger partial charge < -0.3 is 5.73 Å². The number of hydrogen-bond donors (Lipinski definition) is 1. The Kier molecular flexibility index (Phi) is 3.59. The highest BCUT2D eigenvalue weighted by molar-refractivity contribution is 7.80. The first-order chi connectivity index (χ1) is 7.16. The highest BCUT2D eigenvalue weighted by atomic mass is 32.1. The zero-order valence-electron chi connectivity index (χ0n) is 9.48. The number of fused-ring (bicyclic) bond motifs is 1. The molecular weight excluding hydrogens is 206 g/mol.